The van der Waals surface area contributed by atoms with Crippen molar-refractivity contribution in [1.29, 1.82) is 0 Å². The number of amides is 1. The first-order chi connectivity index (χ1) is 30.2. The van der Waals surface area contributed by atoms with Gasteiger partial charge in [0.05, 0.1) is 18.2 Å². The number of aromatic nitrogens is 2. The number of phenolic OH excluding ortho intramolecular Hbond substituents is 1. The summed E-state index contributed by atoms with van der Waals surface area (Å²) in [6.45, 7) is 5.01. The molecule has 0 aliphatic carbocycles. The number of hydrogen-bond donors (Lipinski definition) is 5. The van der Waals surface area contributed by atoms with Gasteiger partial charge in [-0.05, 0) is 115 Å². The molecule has 12 nitrogen and oxygen atoms in total. The minimum Gasteiger partial charge on any atom is -0.506 e. The van der Waals surface area contributed by atoms with Crippen molar-refractivity contribution < 1.29 is 29.6 Å². The maximum atomic E-state index is 14.0. The molecule has 4 aromatic carbocycles. The second-order valence-electron chi connectivity index (χ2n) is 16.6. The highest BCUT2D eigenvalue weighted by atomic mass is 16.5. The molecule has 62 heavy (non-hydrogen) atoms. The molecule has 320 valence electrons. The van der Waals surface area contributed by atoms with Crippen LogP contribution in [0.4, 0.5) is 0 Å². The first-order valence-corrected chi connectivity index (χ1v) is 21.5. The van der Waals surface area contributed by atoms with Crippen LogP contribution in [0, 0.1) is 11.8 Å². The van der Waals surface area contributed by atoms with Crippen LogP contribution < -0.4 is 10.9 Å². The Morgan fingerprint density at radius 1 is 0.806 bits per heavy atom. The van der Waals surface area contributed by atoms with Gasteiger partial charge < -0.3 is 35.3 Å². The van der Waals surface area contributed by atoms with Crippen molar-refractivity contribution in [2.45, 2.75) is 43.9 Å². The van der Waals surface area contributed by atoms with E-state index < -0.39 is 17.7 Å². The Hall–Kier alpha value is -6.18. The number of nitrogens with one attached hydrogen (secondary N) is 2. The zero-order chi connectivity index (χ0) is 43.1. The molecular weight excluding hydrogens is 783 g/mol. The fourth-order valence-corrected chi connectivity index (χ4v) is 8.77. The maximum Gasteiger partial charge on any atom is 0.347 e. The van der Waals surface area contributed by atoms with E-state index in [9.17, 15) is 29.7 Å². The van der Waals surface area contributed by atoms with Crippen LogP contribution in [0.25, 0.3) is 22.0 Å². The molecule has 8 rings (SSSR count). The molecule has 0 unspecified atom stereocenters. The fourth-order valence-electron chi connectivity index (χ4n) is 8.77. The molecule has 5 N–H and O–H groups in total. The average Bonchev–Trinajstić information content (AvgIpc) is 3.32. The molecule has 2 aliphatic heterocycles. The van der Waals surface area contributed by atoms with Crippen LogP contribution in [0.3, 0.4) is 0 Å². The third-order valence-corrected chi connectivity index (χ3v) is 12.4. The van der Waals surface area contributed by atoms with Crippen LogP contribution in [0.2, 0.25) is 0 Å². The number of aromatic hydroxyl groups is 1. The molecule has 2 atom stereocenters. The van der Waals surface area contributed by atoms with Crippen LogP contribution in [0.1, 0.15) is 64.5 Å². The number of esters is 1. The number of piperidine rings is 2. The molecule has 6 aromatic rings. The Bertz CT molecular complexity index is 2540. The number of hydrogen-bond acceptors (Lipinski definition) is 10. The minimum atomic E-state index is -2.06. The number of carbonyl (C=O) groups is 2. The van der Waals surface area contributed by atoms with Crippen LogP contribution in [-0.2, 0) is 21.7 Å². The minimum absolute atomic E-state index is 0.0538. The largest absolute Gasteiger partial charge is 0.506 e. The van der Waals surface area contributed by atoms with Crippen LogP contribution in [-0.4, -0.2) is 92.8 Å². The molecule has 0 bridgehead atoms. The second kappa shape index (κ2) is 19.3. The fraction of sp³-hybridized carbons (Fsp3) is 0.320. The summed E-state index contributed by atoms with van der Waals surface area (Å²) < 4.78 is 5.95. The lowest BCUT2D eigenvalue weighted by Crippen LogP contribution is -2.41. The number of H-pyrrole nitrogens is 1. The predicted molar refractivity (Wildman–Crippen MR) is 237 cm³/mol. The summed E-state index contributed by atoms with van der Waals surface area (Å²) in [5.74, 6) is -0.452. The number of aliphatic hydroxyl groups excluding tert-OH is 1. The molecular formula is C50H53N5O7. The van der Waals surface area contributed by atoms with Gasteiger partial charge in [-0.15, -0.1) is 0 Å². The number of aliphatic hydroxyl groups is 2. The van der Waals surface area contributed by atoms with Crippen molar-refractivity contribution >= 4 is 22.8 Å². The highest BCUT2D eigenvalue weighted by molar-refractivity contribution is 5.94. The third kappa shape index (κ3) is 9.64. The van der Waals surface area contributed by atoms with Gasteiger partial charge in [0.2, 0.25) is 11.2 Å². The third-order valence-electron chi connectivity index (χ3n) is 12.4. The number of likely N-dealkylation sites (tertiary alicyclic amines) is 2. The number of rotatable bonds is 14. The van der Waals surface area contributed by atoms with Gasteiger partial charge >= 0.3 is 5.97 Å². The van der Waals surface area contributed by atoms with Gasteiger partial charge in [-0.1, -0.05) is 84.9 Å². The van der Waals surface area contributed by atoms with E-state index in [0.29, 0.717) is 64.4 Å². The topological polar surface area (TPSA) is 168 Å². The Morgan fingerprint density at radius 2 is 1.50 bits per heavy atom. The van der Waals surface area contributed by atoms with E-state index >= 15 is 0 Å². The van der Waals surface area contributed by atoms with Crippen molar-refractivity contribution in [3.63, 3.8) is 0 Å². The SMILES string of the molecule is O=C(c1cc(-c2cccc([C@](O)(C(=O)OCC3CCN(Cc4ccccc4)CC3)c3ccccc3)c2)ccn1)N1CCC(CNC[C@H](O)c2ccc(O)c3[nH]c(=O)ccc23)CC1. The first kappa shape index (κ1) is 42.5. The normalized spacial score (nSPS) is 16.8. The van der Waals surface area contributed by atoms with E-state index in [4.69, 9.17) is 4.74 Å². The van der Waals surface area contributed by atoms with Crippen molar-refractivity contribution in [3.8, 4) is 16.9 Å². The predicted octanol–water partition coefficient (Wildman–Crippen LogP) is 6.16. The number of nitrogens with zero attached hydrogens (tertiary/aromatic N) is 3. The van der Waals surface area contributed by atoms with Gasteiger partial charge in [0.15, 0.2) is 0 Å². The van der Waals surface area contributed by atoms with Crippen molar-refractivity contribution in [1.82, 2.24) is 25.1 Å². The van der Waals surface area contributed by atoms with Crippen LogP contribution in [0.15, 0.2) is 132 Å². The molecule has 2 saturated heterocycles. The van der Waals surface area contributed by atoms with Crippen LogP contribution >= 0.6 is 0 Å². The van der Waals surface area contributed by atoms with Gasteiger partial charge in [0, 0.05) is 49.4 Å². The van der Waals surface area contributed by atoms with E-state index in [0.717, 1.165) is 50.9 Å². The monoisotopic (exact) mass is 835 g/mol. The lowest BCUT2D eigenvalue weighted by atomic mass is 9.85. The molecule has 12 heteroatoms. The summed E-state index contributed by atoms with van der Waals surface area (Å²) in [5.41, 5.74) is 2.31. The molecule has 2 aliphatic rings. The second-order valence-corrected chi connectivity index (χ2v) is 16.6. The standard InChI is InChI=1S/C50H53N5O7/c56-44-16-14-41(42-15-17-46(58)53-47(42)44)45(57)31-51-30-34-21-26-55(27-22-34)48(59)43-29-38(18-23-52-43)37-10-7-13-40(28-37)50(61,39-11-5-2-6-12-39)49(60)62-33-36-19-24-54(25-20-36)32-35-8-3-1-4-9-35/h1-18,23,28-29,34,36,45,51,56-57,61H,19-22,24-27,30-33H2,(H,53,58)/t45-,50-/m0/s1. The van der Waals surface area contributed by atoms with E-state index in [1.54, 1.807) is 66.9 Å². The van der Waals surface area contributed by atoms with Crippen molar-refractivity contribution in [2.75, 3.05) is 45.9 Å². The summed E-state index contributed by atoms with van der Waals surface area (Å²) in [7, 11) is 0. The zero-order valence-electron chi connectivity index (χ0n) is 34.7. The number of carbonyl (C=O) groups excluding carboxylic acids is 2. The molecule has 4 heterocycles. The Balaban J connectivity index is 0.875. The highest BCUT2D eigenvalue weighted by Crippen LogP contribution is 2.35. The number of pyridine rings is 2. The average molecular weight is 836 g/mol. The number of aromatic amines is 1. The van der Waals surface area contributed by atoms with E-state index in [2.05, 4.69) is 44.5 Å². The number of ether oxygens (including phenoxy) is 1. The quantitative estimate of drug-likeness (QED) is 0.0802. The Morgan fingerprint density at radius 3 is 2.26 bits per heavy atom. The maximum absolute atomic E-state index is 14.0. The number of fused-ring (bicyclic) bond motifs is 1. The van der Waals surface area contributed by atoms with Gasteiger partial charge in [-0.3, -0.25) is 19.5 Å². The van der Waals surface area contributed by atoms with Crippen molar-refractivity contribution in [3.05, 3.63) is 166 Å². The Labute approximate surface area is 360 Å². The van der Waals surface area contributed by atoms with Crippen LogP contribution in [0.5, 0.6) is 5.75 Å². The molecule has 1 amide bonds. The lowest BCUT2D eigenvalue weighted by molar-refractivity contribution is -0.164. The van der Waals surface area contributed by atoms with Gasteiger partial charge in [0.25, 0.3) is 5.91 Å². The summed E-state index contributed by atoms with van der Waals surface area (Å²) in [6, 6.07) is 36.1. The van der Waals surface area contributed by atoms with Gasteiger partial charge in [-0.25, -0.2) is 4.79 Å². The summed E-state index contributed by atoms with van der Waals surface area (Å²) >= 11 is 0. The van der Waals surface area contributed by atoms with E-state index in [1.807, 2.05) is 29.2 Å². The van der Waals surface area contributed by atoms with E-state index in [-0.39, 0.29) is 36.3 Å². The van der Waals surface area contributed by atoms with Gasteiger partial charge in [0.1, 0.15) is 11.4 Å². The summed E-state index contributed by atoms with van der Waals surface area (Å²) in [6.07, 6.45) is 4.11. The highest BCUT2D eigenvalue weighted by Gasteiger charge is 2.42. The Kier molecular flexibility index (Phi) is 13.2. The smallest absolute Gasteiger partial charge is 0.347 e. The van der Waals surface area contributed by atoms with E-state index in [1.165, 1.54) is 17.7 Å². The zero-order valence-corrected chi connectivity index (χ0v) is 34.7. The molecule has 0 saturated carbocycles. The van der Waals surface area contributed by atoms with Gasteiger partial charge in [-0.2, -0.15) is 0 Å². The summed E-state index contributed by atoms with van der Waals surface area (Å²) in [5, 5.41) is 37.5. The number of benzene rings is 4. The molecule has 2 fully saturated rings. The number of phenols is 1. The first-order valence-electron chi connectivity index (χ1n) is 21.5. The molecule has 2 aromatic heterocycles. The summed E-state index contributed by atoms with van der Waals surface area (Å²) in [4.78, 5) is 50.9. The molecule has 0 spiro atoms. The van der Waals surface area contributed by atoms with Crippen molar-refractivity contribution in [2.24, 2.45) is 11.8 Å². The lowest BCUT2D eigenvalue weighted by Gasteiger charge is -2.33. The molecule has 0 radical (unpaired) electrons.